The van der Waals surface area contributed by atoms with Gasteiger partial charge in [0.25, 0.3) is 0 Å². The van der Waals surface area contributed by atoms with Crippen molar-refractivity contribution < 1.29 is 4.79 Å². The molecule has 4 heteroatoms. The molecule has 1 aromatic carbocycles. The Morgan fingerprint density at radius 1 is 1.40 bits per heavy atom. The van der Waals surface area contributed by atoms with Gasteiger partial charge in [0, 0.05) is 12.6 Å². The summed E-state index contributed by atoms with van der Waals surface area (Å²) in [4.78, 5) is 14.0. The number of carbonyl (C=O) groups is 1. The van der Waals surface area contributed by atoms with Crippen LogP contribution in [0.25, 0.3) is 0 Å². The first-order valence-corrected chi connectivity index (χ1v) is 7.33. The van der Waals surface area contributed by atoms with E-state index >= 15 is 0 Å². The smallest absolute Gasteiger partial charge is 0.315 e. The molecule has 20 heavy (non-hydrogen) atoms. The molecule has 2 N–H and O–H groups in total. The van der Waals surface area contributed by atoms with Crippen molar-refractivity contribution in [3.05, 3.63) is 35.4 Å². The van der Waals surface area contributed by atoms with E-state index in [1.807, 2.05) is 14.1 Å². The van der Waals surface area contributed by atoms with Crippen LogP contribution in [0.1, 0.15) is 36.4 Å². The minimum Gasteiger partial charge on any atom is -0.336 e. The molecule has 1 aliphatic rings. The number of nitrogens with zero attached hydrogens (tertiary/aromatic N) is 1. The molecule has 0 heterocycles. The Balaban J connectivity index is 1.90. The molecule has 0 spiro atoms. The second-order valence-electron chi connectivity index (χ2n) is 5.88. The molecular weight excluding hydrogens is 250 g/mol. The molecule has 2 rings (SSSR count). The lowest BCUT2D eigenvalue weighted by atomic mass is 9.93. The van der Waals surface area contributed by atoms with E-state index in [4.69, 9.17) is 0 Å². The minimum atomic E-state index is -0.0470. The van der Waals surface area contributed by atoms with Gasteiger partial charge in [0.2, 0.25) is 0 Å². The molecule has 1 atom stereocenters. The van der Waals surface area contributed by atoms with Crippen molar-refractivity contribution in [2.75, 3.05) is 20.6 Å². The Bertz CT molecular complexity index is 455. The Kier molecular flexibility index (Phi) is 5.01. The fraction of sp³-hybridized carbons (Fsp3) is 0.562. The molecule has 2 amide bonds. The third kappa shape index (κ3) is 3.97. The molecule has 0 radical (unpaired) electrons. The number of hydrogen-bond acceptors (Lipinski definition) is 2. The Labute approximate surface area is 121 Å². The zero-order chi connectivity index (χ0) is 14.5. The van der Waals surface area contributed by atoms with E-state index in [1.54, 1.807) is 0 Å². The molecule has 1 aromatic rings. The molecule has 0 bridgehead atoms. The van der Waals surface area contributed by atoms with E-state index in [2.05, 4.69) is 46.7 Å². The van der Waals surface area contributed by atoms with E-state index in [9.17, 15) is 4.79 Å². The molecule has 4 nitrogen and oxygen atoms in total. The van der Waals surface area contributed by atoms with Gasteiger partial charge in [-0.15, -0.1) is 0 Å². The van der Waals surface area contributed by atoms with Gasteiger partial charge in [0.15, 0.2) is 0 Å². The molecule has 0 saturated heterocycles. The van der Waals surface area contributed by atoms with Gasteiger partial charge in [0.05, 0.1) is 6.04 Å². The second-order valence-corrected chi connectivity index (χ2v) is 5.88. The SMILES string of the molecule is Cc1cccc([C@H](CNC(=O)NC2CCC2)N(C)C)c1. The van der Waals surface area contributed by atoms with E-state index in [-0.39, 0.29) is 12.1 Å². The molecular formula is C16H25N3O. The number of likely N-dealkylation sites (N-methyl/N-ethyl adjacent to an activating group) is 1. The van der Waals surface area contributed by atoms with Crippen LogP contribution in [0.5, 0.6) is 0 Å². The Morgan fingerprint density at radius 3 is 2.70 bits per heavy atom. The Morgan fingerprint density at radius 2 is 2.15 bits per heavy atom. The zero-order valence-corrected chi connectivity index (χ0v) is 12.6. The van der Waals surface area contributed by atoms with E-state index in [0.29, 0.717) is 12.6 Å². The van der Waals surface area contributed by atoms with Gasteiger partial charge in [-0.3, -0.25) is 0 Å². The number of amides is 2. The molecule has 0 unspecified atom stereocenters. The van der Waals surface area contributed by atoms with Crippen molar-refractivity contribution in [3.8, 4) is 0 Å². The van der Waals surface area contributed by atoms with Gasteiger partial charge in [-0.05, 0) is 45.8 Å². The van der Waals surface area contributed by atoms with Crippen molar-refractivity contribution in [2.24, 2.45) is 0 Å². The molecule has 110 valence electrons. The first-order valence-electron chi connectivity index (χ1n) is 7.33. The van der Waals surface area contributed by atoms with Crippen molar-refractivity contribution in [1.29, 1.82) is 0 Å². The average molecular weight is 275 g/mol. The molecule has 1 aliphatic carbocycles. The molecule has 0 aliphatic heterocycles. The van der Waals surface area contributed by atoms with Crippen LogP contribution < -0.4 is 10.6 Å². The highest BCUT2D eigenvalue weighted by atomic mass is 16.2. The predicted molar refractivity (Wildman–Crippen MR) is 81.8 cm³/mol. The average Bonchev–Trinajstić information content (AvgIpc) is 2.34. The topological polar surface area (TPSA) is 44.4 Å². The van der Waals surface area contributed by atoms with Gasteiger partial charge < -0.3 is 15.5 Å². The maximum Gasteiger partial charge on any atom is 0.315 e. The van der Waals surface area contributed by atoms with Gasteiger partial charge in [0.1, 0.15) is 0 Å². The van der Waals surface area contributed by atoms with Crippen LogP contribution in [0, 0.1) is 6.92 Å². The lowest BCUT2D eigenvalue weighted by Gasteiger charge is -2.28. The summed E-state index contributed by atoms with van der Waals surface area (Å²) in [6.07, 6.45) is 3.46. The monoisotopic (exact) mass is 275 g/mol. The summed E-state index contributed by atoms with van der Waals surface area (Å²) < 4.78 is 0. The van der Waals surface area contributed by atoms with Crippen LogP contribution in [0.2, 0.25) is 0 Å². The van der Waals surface area contributed by atoms with Crippen LogP contribution in [0.3, 0.4) is 0 Å². The number of aryl methyl sites for hydroxylation is 1. The highest BCUT2D eigenvalue weighted by molar-refractivity contribution is 5.74. The van der Waals surface area contributed by atoms with Crippen molar-refractivity contribution >= 4 is 6.03 Å². The number of benzene rings is 1. The van der Waals surface area contributed by atoms with E-state index < -0.39 is 0 Å². The van der Waals surface area contributed by atoms with Gasteiger partial charge in [-0.2, -0.15) is 0 Å². The maximum atomic E-state index is 11.8. The van der Waals surface area contributed by atoms with E-state index in [0.717, 1.165) is 12.8 Å². The lowest BCUT2D eigenvalue weighted by molar-refractivity contribution is 0.221. The minimum absolute atomic E-state index is 0.0470. The van der Waals surface area contributed by atoms with E-state index in [1.165, 1.54) is 17.5 Å². The third-order valence-corrected chi connectivity index (χ3v) is 3.95. The number of nitrogens with one attached hydrogen (secondary N) is 2. The van der Waals surface area contributed by atoms with Crippen LogP contribution in [-0.2, 0) is 0 Å². The van der Waals surface area contributed by atoms with Crippen LogP contribution in [0.15, 0.2) is 24.3 Å². The first-order chi connectivity index (χ1) is 9.56. The molecule has 1 saturated carbocycles. The van der Waals surface area contributed by atoms with Gasteiger partial charge in [-0.1, -0.05) is 29.8 Å². The van der Waals surface area contributed by atoms with Crippen LogP contribution in [0.4, 0.5) is 4.79 Å². The summed E-state index contributed by atoms with van der Waals surface area (Å²) in [6.45, 7) is 2.71. The van der Waals surface area contributed by atoms with Crippen LogP contribution in [-0.4, -0.2) is 37.6 Å². The number of carbonyl (C=O) groups excluding carboxylic acids is 1. The largest absolute Gasteiger partial charge is 0.336 e. The summed E-state index contributed by atoms with van der Waals surface area (Å²) in [7, 11) is 4.08. The summed E-state index contributed by atoms with van der Waals surface area (Å²) in [5.41, 5.74) is 2.48. The summed E-state index contributed by atoms with van der Waals surface area (Å²) in [5.74, 6) is 0. The summed E-state index contributed by atoms with van der Waals surface area (Å²) >= 11 is 0. The standard InChI is InChI=1S/C16H25N3O/c1-12-6-4-7-13(10-12)15(19(2)3)11-17-16(20)18-14-8-5-9-14/h4,6-7,10,14-15H,5,8-9,11H2,1-3H3,(H2,17,18,20)/t15-/m0/s1. The lowest BCUT2D eigenvalue weighted by Crippen LogP contribution is -2.47. The summed E-state index contributed by atoms with van der Waals surface area (Å²) in [5, 5.41) is 5.99. The highest BCUT2D eigenvalue weighted by Crippen LogP contribution is 2.19. The molecule has 1 fully saturated rings. The highest BCUT2D eigenvalue weighted by Gasteiger charge is 2.20. The number of hydrogen-bond donors (Lipinski definition) is 2. The maximum absolute atomic E-state index is 11.8. The van der Waals surface area contributed by atoms with Crippen molar-refractivity contribution in [1.82, 2.24) is 15.5 Å². The van der Waals surface area contributed by atoms with Gasteiger partial charge in [-0.25, -0.2) is 4.79 Å². The number of rotatable bonds is 5. The number of urea groups is 1. The fourth-order valence-corrected chi connectivity index (χ4v) is 2.45. The normalized spacial score (nSPS) is 16.6. The predicted octanol–water partition coefficient (Wildman–Crippen LogP) is 2.45. The fourth-order valence-electron chi connectivity index (χ4n) is 2.45. The summed E-state index contributed by atoms with van der Waals surface area (Å²) in [6, 6.07) is 8.98. The van der Waals surface area contributed by atoms with Crippen molar-refractivity contribution in [2.45, 2.75) is 38.3 Å². The first kappa shape index (κ1) is 14.9. The van der Waals surface area contributed by atoms with Gasteiger partial charge >= 0.3 is 6.03 Å². The second kappa shape index (κ2) is 6.75. The van der Waals surface area contributed by atoms with Crippen LogP contribution >= 0.6 is 0 Å². The quantitative estimate of drug-likeness (QED) is 0.867. The molecule has 0 aromatic heterocycles. The third-order valence-electron chi connectivity index (χ3n) is 3.95. The zero-order valence-electron chi connectivity index (χ0n) is 12.6. The Hall–Kier alpha value is -1.55. The van der Waals surface area contributed by atoms with Crippen molar-refractivity contribution in [3.63, 3.8) is 0 Å².